The summed E-state index contributed by atoms with van der Waals surface area (Å²) in [6.07, 6.45) is 5.02. The van der Waals surface area contributed by atoms with Gasteiger partial charge < -0.3 is 15.3 Å². The highest BCUT2D eigenvalue weighted by Crippen LogP contribution is 2.39. The summed E-state index contributed by atoms with van der Waals surface area (Å²) in [5, 5.41) is 13.6. The van der Waals surface area contributed by atoms with Gasteiger partial charge in [0.15, 0.2) is 0 Å². The van der Waals surface area contributed by atoms with Crippen molar-refractivity contribution in [2.75, 3.05) is 26.7 Å². The predicted octanol–water partition coefficient (Wildman–Crippen LogP) is 2.10. The third-order valence-corrected chi connectivity index (χ3v) is 5.52. The molecule has 3 heteroatoms. The summed E-state index contributed by atoms with van der Waals surface area (Å²) < 4.78 is 0. The molecule has 1 saturated heterocycles. The molecule has 2 fully saturated rings. The number of likely N-dealkylation sites (tertiary alicyclic amines) is 1. The lowest BCUT2D eigenvalue weighted by molar-refractivity contribution is 0.00776. The molecule has 3 nitrogen and oxygen atoms in total. The molecule has 0 amide bonds. The van der Waals surface area contributed by atoms with Crippen LogP contribution in [-0.4, -0.2) is 48.8 Å². The van der Waals surface area contributed by atoms with Crippen LogP contribution in [0.4, 0.5) is 0 Å². The Kier molecular flexibility index (Phi) is 4.91. The van der Waals surface area contributed by atoms with Gasteiger partial charge in [-0.05, 0) is 50.1 Å². The van der Waals surface area contributed by atoms with E-state index in [9.17, 15) is 5.11 Å². The summed E-state index contributed by atoms with van der Waals surface area (Å²) in [7, 11) is 2.11. The molecule has 4 atom stereocenters. The normalized spacial score (nSPS) is 40.3. The Labute approximate surface area is 118 Å². The lowest BCUT2D eigenvalue weighted by Crippen LogP contribution is -2.53. The van der Waals surface area contributed by atoms with Gasteiger partial charge >= 0.3 is 0 Å². The summed E-state index contributed by atoms with van der Waals surface area (Å²) in [5.41, 5.74) is 0.402. The van der Waals surface area contributed by atoms with Crippen molar-refractivity contribution >= 4 is 0 Å². The first-order chi connectivity index (χ1) is 8.94. The molecule has 0 aromatic carbocycles. The van der Waals surface area contributed by atoms with E-state index in [2.05, 4.69) is 38.0 Å². The second-order valence-electron chi connectivity index (χ2n) is 7.50. The fourth-order valence-electron chi connectivity index (χ4n) is 4.22. The van der Waals surface area contributed by atoms with Crippen molar-refractivity contribution in [1.82, 2.24) is 10.2 Å². The zero-order valence-corrected chi connectivity index (χ0v) is 13.2. The zero-order chi connectivity index (χ0) is 14.0. The molecule has 112 valence electrons. The van der Waals surface area contributed by atoms with E-state index in [1.807, 2.05) is 0 Å². The molecule has 1 aliphatic carbocycles. The first-order valence-electron chi connectivity index (χ1n) is 8.01. The van der Waals surface area contributed by atoms with Gasteiger partial charge in [-0.2, -0.15) is 0 Å². The van der Waals surface area contributed by atoms with Crippen molar-refractivity contribution in [1.29, 1.82) is 0 Å². The quantitative estimate of drug-likeness (QED) is 0.823. The van der Waals surface area contributed by atoms with Crippen LogP contribution in [0.5, 0.6) is 0 Å². The summed E-state index contributed by atoms with van der Waals surface area (Å²) in [6, 6.07) is 0.609. The van der Waals surface area contributed by atoms with Crippen LogP contribution in [0.15, 0.2) is 0 Å². The molecule has 0 bridgehead atoms. The van der Waals surface area contributed by atoms with Crippen LogP contribution < -0.4 is 5.32 Å². The molecular weight excluding hydrogens is 236 g/mol. The Morgan fingerprint density at radius 3 is 2.68 bits per heavy atom. The molecule has 19 heavy (non-hydrogen) atoms. The highest BCUT2D eigenvalue weighted by Gasteiger charge is 2.39. The highest BCUT2D eigenvalue weighted by molar-refractivity contribution is 4.94. The van der Waals surface area contributed by atoms with Crippen molar-refractivity contribution in [2.45, 2.75) is 58.6 Å². The maximum atomic E-state index is 10.0. The Balaban J connectivity index is 1.94. The molecule has 1 heterocycles. The molecule has 1 saturated carbocycles. The number of nitrogens with one attached hydrogen (secondary N) is 1. The number of β-amino-alcohol motifs (C(OH)–C–C–N with tert-alkyl or cyclic N) is 1. The van der Waals surface area contributed by atoms with E-state index in [-0.39, 0.29) is 6.10 Å². The number of hydrogen-bond acceptors (Lipinski definition) is 3. The van der Waals surface area contributed by atoms with Crippen LogP contribution >= 0.6 is 0 Å². The van der Waals surface area contributed by atoms with E-state index in [1.165, 1.54) is 19.3 Å². The number of hydrogen-bond donors (Lipinski definition) is 2. The summed E-state index contributed by atoms with van der Waals surface area (Å²) >= 11 is 0. The molecule has 0 radical (unpaired) electrons. The first-order valence-corrected chi connectivity index (χ1v) is 8.01. The van der Waals surface area contributed by atoms with Crippen LogP contribution in [0.3, 0.4) is 0 Å². The molecule has 0 aromatic heterocycles. The molecule has 2 N–H and O–H groups in total. The Morgan fingerprint density at radius 1 is 1.32 bits per heavy atom. The van der Waals surface area contributed by atoms with E-state index in [1.54, 1.807) is 0 Å². The van der Waals surface area contributed by atoms with Gasteiger partial charge in [0.2, 0.25) is 0 Å². The average molecular weight is 268 g/mol. The zero-order valence-electron chi connectivity index (χ0n) is 13.2. The first kappa shape index (κ1) is 15.3. The lowest BCUT2D eigenvalue weighted by Gasteiger charge is -2.46. The second kappa shape index (κ2) is 6.11. The van der Waals surface area contributed by atoms with Crippen LogP contribution in [-0.2, 0) is 0 Å². The van der Waals surface area contributed by atoms with Crippen molar-refractivity contribution in [2.24, 2.45) is 17.3 Å². The molecule has 1 aliphatic heterocycles. The van der Waals surface area contributed by atoms with Gasteiger partial charge in [0, 0.05) is 19.1 Å². The second-order valence-corrected chi connectivity index (χ2v) is 7.50. The number of aliphatic hydroxyl groups excluding tert-OH is 1. The van der Waals surface area contributed by atoms with E-state index in [4.69, 9.17) is 0 Å². The lowest BCUT2D eigenvalue weighted by atomic mass is 9.67. The van der Waals surface area contributed by atoms with Gasteiger partial charge in [0.25, 0.3) is 0 Å². The van der Waals surface area contributed by atoms with Crippen molar-refractivity contribution < 1.29 is 5.11 Å². The Bertz CT molecular complexity index is 292. The summed E-state index contributed by atoms with van der Waals surface area (Å²) in [5.74, 6) is 1.20. The molecule has 2 aliphatic rings. The van der Waals surface area contributed by atoms with Crippen LogP contribution in [0.25, 0.3) is 0 Å². The fourth-order valence-corrected chi connectivity index (χ4v) is 4.22. The average Bonchev–Trinajstić information content (AvgIpc) is 2.33. The maximum absolute atomic E-state index is 10.0. The minimum absolute atomic E-state index is 0.126. The largest absolute Gasteiger partial charge is 0.392 e. The number of rotatable bonds is 3. The molecule has 0 spiro atoms. The predicted molar refractivity (Wildman–Crippen MR) is 80.2 cm³/mol. The van der Waals surface area contributed by atoms with Gasteiger partial charge in [-0.15, -0.1) is 0 Å². The highest BCUT2D eigenvalue weighted by atomic mass is 16.3. The number of piperidine rings is 1. The third kappa shape index (κ3) is 3.50. The van der Waals surface area contributed by atoms with Gasteiger partial charge in [-0.3, -0.25) is 0 Å². The monoisotopic (exact) mass is 268 g/mol. The number of nitrogens with zero attached hydrogens (tertiary/aromatic N) is 1. The van der Waals surface area contributed by atoms with Crippen LogP contribution in [0, 0.1) is 17.3 Å². The standard InChI is InChI=1S/C16H32N2O/c1-12-7-9-18(11-14(12)19)10-13-6-5-8-16(2,3)15(13)17-4/h12-15,17,19H,5-11H2,1-4H3. The Morgan fingerprint density at radius 2 is 2.05 bits per heavy atom. The van der Waals surface area contributed by atoms with E-state index in [0.29, 0.717) is 17.4 Å². The van der Waals surface area contributed by atoms with E-state index < -0.39 is 0 Å². The SMILES string of the molecule is CNC1C(CN2CCC(C)C(O)C2)CCCC1(C)C. The fraction of sp³-hybridized carbons (Fsp3) is 1.00. The van der Waals surface area contributed by atoms with Crippen molar-refractivity contribution in [3.63, 3.8) is 0 Å². The van der Waals surface area contributed by atoms with Gasteiger partial charge in [0.1, 0.15) is 0 Å². The van der Waals surface area contributed by atoms with E-state index >= 15 is 0 Å². The Hall–Kier alpha value is -0.120. The van der Waals surface area contributed by atoms with Gasteiger partial charge in [-0.1, -0.05) is 27.2 Å². The number of aliphatic hydroxyl groups is 1. The molecular formula is C16H32N2O. The molecule has 2 rings (SSSR count). The topological polar surface area (TPSA) is 35.5 Å². The smallest absolute Gasteiger partial charge is 0.0693 e. The third-order valence-electron chi connectivity index (χ3n) is 5.52. The maximum Gasteiger partial charge on any atom is 0.0693 e. The molecule has 4 unspecified atom stereocenters. The van der Waals surface area contributed by atoms with Crippen LogP contribution in [0.2, 0.25) is 0 Å². The minimum atomic E-state index is -0.126. The van der Waals surface area contributed by atoms with Crippen molar-refractivity contribution in [3.8, 4) is 0 Å². The summed E-state index contributed by atoms with van der Waals surface area (Å²) in [6.45, 7) is 10.1. The summed E-state index contributed by atoms with van der Waals surface area (Å²) in [4.78, 5) is 2.49. The minimum Gasteiger partial charge on any atom is -0.392 e. The van der Waals surface area contributed by atoms with Gasteiger partial charge in [-0.25, -0.2) is 0 Å². The van der Waals surface area contributed by atoms with Gasteiger partial charge in [0.05, 0.1) is 6.10 Å². The van der Waals surface area contributed by atoms with Crippen molar-refractivity contribution in [3.05, 3.63) is 0 Å². The van der Waals surface area contributed by atoms with Crippen LogP contribution in [0.1, 0.15) is 46.5 Å². The molecule has 0 aromatic rings. The van der Waals surface area contributed by atoms with E-state index in [0.717, 1.165) is 32.0 Å².